The van der Waals surface area contributed by atoms with Gasteiger partial charge in [0, 0.05) is 44.0 Å². The molecule has 0 radical (unpaired) electrons. The van der Waals surface area contributed by atoms with E-state index in [2.05, 4.69) is 9.97 Å². The van der Waals surface area contributed by atoms with Crippen molar-refractivity contribution in [3.63, 3.8) is 0 Å². The maximum absolute atomic E-state index is 12.6. The number of likely N-dealkylation sites (tertiary alicyclic amines) is 1. The Kier molecular flexibility index (Phi) is 3.84. The van der Waals surface area contributed by atoms with E-state index in [1.165, 1.54) is 12.4 Å². The van der Waals surface area contributed by atoms with E-state index in [-0.39, 0.29) is 16.6 Å². The third-order valence-electron chi connectivity index (χ3n) is 5.44. The molecule has 7 nitrogen and oxygen atoms in total. The van der Waals surface area contributed by atoms with E-state index in [0.717, 1.165) is 32.1 Å². The van der Waals surface area contributed by atoms with Crippen LogP contribution in [-0.2, 0) is 10.0 Å². The Bertz CT molecular complexity index is 735. The van der Waals surface area contributed by atoms with Crippen LogP contribution in [0.3, 0.4) is 0 Å². The zero-order valence-electron chi connectivity index (χ0n) is 13.6. The molecule has 1 spiro atoms. The first-order chi connectivity index (χ1) is 11.5. The first-order valence-electron chi connectivity index (χ1n) is 8.55. The number of amides is 1. The second-order valence-corrected chi connectivity index (χ2v) is 9.46. The summed E-state index contributed by atoms with van der Waals surface area (Å²) >= 11 is 0. The van der Waals surface area contributed by atoms with Crippen LogP contribution in [-0.4, -0.2) is 64.9 Å². The quantitative estimate of drug-likeness (QED) is 0.809. The summed E-state index contributed by atoms with van der Waals surface area (Å²) in [6.07, 6.45) is 8.87. The molecule has 1 atom stereocenters. The van der Waals surface area contributed by atoms with E-state index in [4.69, 9.17) is 0 Å². The number of aromatic nitrogens is 2. The van der Waals surface area contributed by atoms with Crippen LogP contribution in [0.15, 0.2) is 18.6 Å². The van der Waals surface area contributed by atoms with Crippen LogP contribution in [0, 0.1) is 5.41 Å². The van der Waals surface area contributed by atoms with Gasteiger partial charge < -0.3 is 4.90 Å². The summed E-state index contributed by atoms with van der Waals surface area (Å²) in [5.74, 6) is -0.106. The fraction of sp³-hybridized carbons (Fsp3) is 0.688. The predicted octanol–water partition coefficient (Wildman–Crippen LogP) is 0.897. The lowest BCUT2D eigenvalue weighted by Crippen LogP contribution is -2.48. The molecule has 1 amide bonds. The van der Waals surface area contributed by atoms with Gasteiger partial charge in [0.15, 0.2) is 0 Å². The van der Waals surface area contributed by atoms with Gasteiger partial charge in [0.25, 0.3) is 5.91 Å². The number of nitrogens with zero attached hydrogens (tertiary/aromatic N) is 4. The van der Waals surface area contributed by atoms with Crippen molar-refractivity contribution >= 4 is 15.9 Å². The third-order valence-corrected chi connectivity index (χ3v) is 7.79. The molecule has 0 bridgehead atoms. The average molecular weight is 350 g/mol. The van der Waals surface area contributed by atoms with Crippen molar-refractivity contribution in [2.24, 2.45) is 5.41 Å². The number of sulfonamides is 1. The van der Waals surface area contributed by atoms with Crippen molar-refractivity contribution in [1.29, 1.82) is 0 Å². The van der Waals surface area contributed by atoms with Gasteiger partial charge in [0.05, 0.1) is 11.4 Å². The maximum atomic E-state index is 12.6. The van der Waals surface area contributed by atoms with Crippen LogP contribution in [0.4, 0.5) is 0 Å². The minimum Gasteiger partial charge on any atom is -0.337 e. The number of carbonyl (C=O) groups is 1. The number of rotatable bonds is 3. The smallest absolute Gasteiger partial charge is 0.274 e. The largest absolute Gasteiger partial charge is 0.337 e. The monoisotopic (exact) mass is 350 g/mol. The molecule has 1 aromatic heterocycles. The molecule has 2 aliphatic heterocycles. The highest BCUT2D eigenvalue weighted by molar-refractivity contribution is 7.90. The Morgan fingerprint density at radius 1 is 1.17 bits per heavy atom. The first-order valence-corrected chi connectivity index (χ1v) is 10.0. The molecule has 1 saturated carbocycles. The molecule has 0 unspecified atom stereocenters. The second kappa shape index (κ2) is 5.77. The molecule has 3 heterocycles. The molecule has 1 aliphatic carbocycles. The lowest BCUT2D eigenvalue weighted by molar-refractivity contribution is 0.0537. The first kappa shape index (κ1) is 16.0. The molecule has 0 aromatic carbocycles. The van der Waals surface area contributed by atoms with Crippen LogP contribution in [0.1, 0.15) is 42.6 Å². The lowest BCUT2D eigenvalue weighted by atomic mass is 9.79. The van der Waals surface area contributed by atoms with Gasteiger partial charge in [-0.3, -0.25) is 9.78 Å². The highest BCUT2D eigenvalue weighted by Gasteiger charge is 2.49. The highest BCUT2D eigenvalue weighted by Crippen LogP contribution is 2.42. The zero-order valence-corrected chi connectivity index (χ0v) is 14.4. The Hall–Kier alpha value is -1.54. The zero-order chi connectivity index (χ0) is 16.8. The molecule has 4 rings (SSSR count). The molecular formula is C16H22N4O3S. The SMILES string of the molecule is O=C(c1cnccn1)N1CCC[C@]2(CCN(S(=O)(=O)C3CC3)C2)C1. The van der Waals surface area contributed by atoms with E-state index in [0.29, 0.717) is 31.9 Å². The fourth-order valence-corrected chi connectivity index (χ4v) is 5.93. The van der Waals surface area contributed by atoms with Crippen molar-refractivity contribution < 1.29 is 13.2 Å². The molecule has 2 saturated heterocycles. The Morgan fingerprint density at radius 2 is 2.00 bits per heavy atom. The molecule has 24 heavy (non-hydrogen) atoms. The summed E-state index contributed by atoms with van der Waals surface area (Å²) in [6.45, 7) is 2.45. The van der Waals surface area contributed by atoms with Gasteiger partial charge in [-0.2, -0.15) is 0 Å². The normalized spacial score (nSPS) is 28.4. The Labute approximate surface area is 142 Å². The van der Waals surface area contributed by atoms with E-state index in [1.807, 2.05) is 4.90 Å². The number of carbonyl (C=O) groups excluding carboxylic acids is 1. The van der Waals surface area contributed by atoms with Crippen molar-refractivity contribution in [2.75, 3.05) is 26.2 Å². The minimum atomic E-state index is -3.12. The number of hydrogen-bond acceptors (Lipinski definition) is 5. The summed E-state index contributed by atoms with van der Waals surface area (Å²) in [7, 11) is -3.12. The van der Waals surface area contributed by atoms with Crippen molar-refractivity contribution in [3.8, 4) is 0 Å². The molecule has 130 valence electrons. The fourth-order valence-electron chi connectivity index (χ4n) is 3.97. The lowest BCUT2D eigenvalue weighted by Gasteiger charge is -2.40. The van der Waals surface area contributed by atoms with Crippen molar-refractivity contribution in [3.05, 3.63) is 24.3 Å². The predicted molar refractivity (Wildman–Crippen MR) is 87.7 cm³/mol. The van der Waals surface area contributed by atoms with Crippen LogP contribution >= 0.6 is 0 Å². The summed E-state index contributed by atoms with van der Waals surface area (Å²) in [5, 5.41) is -0.159. The van der Waals surface area contributed by atoms with Gasteiger partial charge in [-0.1, -0.05) is 0 Å². The van der Waals surface area contributed by atoms with Gasteiger partial charge >= 0.3 is 0 Å². The summed E-state index contributed by atoms with van der Waals surface area (Å²) in [4.78, 5) is 22.5. The van der Waals surface area contributed by atoms with Crippen LogP contribution < -0.4 is 0 Å². The molecule has 3 aliphatic rings. The van der Waals surface area contributed by atoms with Crippen molar-refractivity contribution in [1.82, 2.24) is 19.2 Å². The van der Waals surface area contributed by atoms with Gasteiger partial charge in [-0.15, -0.1) is 0 Å². The highest BCUT2D eigenvalue weighted by atomic mass is 32.2. The van der Waals surface area contributed by atoms with Gasteiger partial charge in [-0.25, -0.2) is 17.7 Å². The Balaban J connectivity index is 1.48. The number of hydrogen-bond donors (Lipinski definition) is 0. The minimum absolute atomic E-state index is 0.0991. The van der Waals surface area contributed by atoms with Crippen LogP contribution in [0.5, 0.6) is 0 Å². The van der Waals surface area contributed by atoms with E-state index >= 15 is 0 Å². The van der Waals surface area contributed by atoms with E-state index < -0.39 is 10.0 Å². The van der Waals surface area contributed by atoms with Gasteiger partial charge in [0.2, 0.25) is 10.0 Å². The molecule has 1 aromatic rings. The van der Waals surface area contributed by atoms with Crippen molar-refractivity contribution in [2.45, 2.75) is 37.4 Å². The molecule has 8 heteroatoms. The Morgan fingerprint density at radius 3 is 2.71 bits per heavy atom. The topological polar surface area (TPSA) is 83.5 Å². The summed E-state index contributed by atoms with van der Waals surface area (Å²) in [6, 6.07) is 0. The third kappa shape index (κ3) is 2.82. The number of piperidine rings is 1. The average Bonchev–Trinajstić information content (AvgIpc) is 3.39. The second-order valence-electron chi connectivity index (χ2n) is 7.25. The maximum Gasteiger partial charge on any atom is 0.274 e. The van der Waals surface area contributed by atoms with E-state index in [9.17, 15) is 13.2 Å². The van der Waals surface area contributed by atoms with Crippen LogP contribution in [0.25, 0.3) is 0 Å². The summed E-state index contributed by atoms with van der Waals surface area (Å²) < 4.78 is 26.6. The van der Waals surface area contributed by atoms with E-state index in [1.54, 1.807) is 10.5 Å². The summed E-state index contributed by atoms with van der Waals surface area (Å²) in [5.41, 5.74) is 0.257. The molecule has 0 N–H and O–H groups in total. The van der Waals surface area contributed by atoms with Gasteiger partial charge in [-0.05, 0) is 32.1 Å². The molecular weight excluding hydrogens is 328 g/mol. The van der Waals surface area contributed by atoms with Gasteiger partial charge in [0.1, 0.15) is 5.69 Å². The molecule has 3 fully saturated rings. The standard InChI is InChI=1S/C16H22N4O3S/c21-15(14-10-17-6-7-18-14)19-8-1-4-16(11-19)5-9-20(12-16)24(22,23)13-2-3-13/h6-7,10,13H,1-5,8-9,11-12H2/t16-/m0/s1. The van der Waals surface area contributed by atoms with Crippen LogP contribution in [0.2, 0.25) is 0 Å².